The molecule has 1 heteroatoms. The third kappa shape index (κ3) is 3.15. The summed E-state index contributed by atoms with van der Waals surface area (Å²) in [5, 5.41) is 0. The summed E-state index contributed by atoms with van der Waals surface area (Å²) in [5.74, 6) is 1.02. The van der Waals surface area contributed by atoms with Gasteiger partial charge in [0.2, 0.25) is 0 Å². The Bertz CT molecular complexity index is 251. The molecule has 0 N–H and O–H groups in total. The highest BCUT2D eigenvalue weighted by atomic mass is 79.9. The first-order valence-corrected chi connectivity index (χ1v) is 5.94. The number of alkyl halides is 1. The molecule has 1 aromatic carbocycles. The number of benzene rings is 1. The molecule has 1 unspecified atom stereocenters. The monoisotopic (exact) mass is 238 g/mol. The highest BCUT2D eigenvalue weighted by Crippen LogP contribution is 2.36. The largest absolute Gasteiger partial charge is 0.0887 e. The third-order valence-electron chi connectivity index (χ3n) is 2.59. The van der Waals surface area contributed by atoms with E-state index in [2.05, 4.69) is 46.3 Å². The Labute approximate surface area is 88.5 Å². The van der Waals surface area contributed by atoms with Gasteiger partial charge < -0.3 is 0 Å². The van der Waals surface area contributed by atoms with Crippen molar-refractivity contribution in [1.82, 2.24) is 0 Å². The second-order valence-corrected chi connectivity index (χ2v) is 5.26. The Balaban J connectivity index is 1.82. The zero-order valence-corrected chi connectivity index (χ0v) is 9.33. The predicted octanol–water partition coefficient (Wildman–Crippen LogP) is 3.79. The van der Waals surface area contributed by atoms with Crippen LogP contribution in [0.25, 0.3) is 0 Å². The van der Waals surface area contributed by atoms with Gasteiger partial charge in [0.05, 0.1) is 0 Å². The van der Waals surface area contributed by atoms with Gasteiger partial charge in [-0.1, -0.05) is 59.1 Å². The Morgan fingerprint density at radius 3 is 2.54 bits per heavy atom. The van der Waals surface area contributed by atoms with Crippen molar-refractivity contribution in [3.8, 4) is 0 Å². The van der Waals surface area contributed by atoms with Crippen molar-refractivity contribution in [3.63, 3.8) is 0 Å². The van der Waals surface area contributed by atoms with Gasteiger partial charge in [0, 0.05) is 4.83 Å². The first kappa shape index (κ1) is 9.26. The maximum atomic E-state index is 3.76. The van der Waals surface area contributed by atoms with Gasteiger partial charge in [0.1, 0.15) is 0 Å². The van der Waals surface area contributed by atoms with Gasteiger partial charge in [0.25, 0.3) is 0 Å². The van der Waals surface area contributed by atoms with E-state index in [0.717, 1.165) is 5.92 Å². The lowest BCUT2D eigenvalue weighted by Crippen LogP contribution is -2.03. The van der Waals surface area contributed by atoms with Crippen molar-refractivity contribution in [1.29, 1.82) is 0 Å². The quantitative estimate of drug-likeness (QED) is 0.701. The van der Waals surface area contributed by atoms with Gasteiger partial charge in [-0.3, -0.25) is 0 Å². The van der Waals surface area contributed by atoms with Gasteiger partial charge in [-0.2, -0.15) is 0 Å². The molecule has 1 aliphatic rings. The van der Waals surface area contributed by atoms with Gasteiger partial charge in [-0.15, -0.1) is 0 Å². The molecular formula is C12H15Br. The van der Waals surface area contributed by atoms with Crippen LogP contribution in [0, 0.1) is 5.92 Å². The molecule has 1 aromatic rings. The number of hydrogen-bond acceptors (Lipinski definition) is 0. The molecule has 1 aliphatic carbocycles. The van der Waals surface area contributed by atoms with Crippen LogP contribution in [0.5, 0.6) is 0 Å². The van der Waals surface area contributed by atoms with Crippen LogP contribution >= 0.6 is 15.9 Å². The second kappa shape index (κ2) is 4.28. The molecule has 1 saturated carbocycles. The van der Waals surface area contributed by atoms with Crippen molar-refractivity contribution >= 4 is 15.9 Å². The van der Waals surface area contributed by atoms with E-state index in [-0.39, 0.29) is 0 Å². The standard InChI is InChI=1S/C12H15Br/c13-12(9-11-6-7-11)8-10-4-2-1-3-5-10/h1-5,11-12H,6-9H2. The average Bonchev–Trinajstić information content (AvgIpc) is 2.90. The van der Waals surface area contributed by atoms with Crippen LogP contribution in [0.1, 0.15) is 24.8 Å². The van der Waals surface area contributed by atoms with Crippen molar-refractivity contribution in [2.45, 2.75) is 30.5 Å². The first-order valence-electron chi connectivity index (χ1n) is 5.02. The minimum absolute atomic E-state index is 0.683. The summed E-state index contributed by atoms with van der Waals surface area (Å²) in [6, 6.07) is 10.7. The van der Waals surface area contributed by atoms with Crippen molar-refractivity contribution < 1.29 is 0 Å². The molecule has 0 amide bonds. The molecule has 0 aromatic heterocycles. The Morgan fingerprint density at radius 2 is 1.92 bits per heavy atom. The van der Waals surface area contributed by atoms with Crippen molar-refractivity contribution in [2.24, 2.45) is 5.92 Å². The van der Waals surface area contributed by atoms with Crippen LogP contribution < -0.4 is 0 Å². The zero-order chi connectivity index (χ0) is 9.10. The van der Waals surface area contributed by atoms with E-state index < -0.39 is 0 Å². The Kier molecular flexibility index (Phi) is 3.05. The summed E-state index contributed by atoms with van der Waals surface area (Å²) in [7, 11) is 0. The molecule has 2 rings (SSSR count). The van der Waals surface area contributed by atoms with Gasteiger partial charge >= 0.3 is 0 Å². The lowest BCUT2D eigenvalue weighted by molar-refractivity contribution is 0.690. The van der Waals surface area contributed by atoms with Crippen LogP contribution in [0.2, 0.25) is 0 Å². The first-order chi connectivity index (χ1) is 6.34. The molecule has 0 nitrogen and oxygen atoms in total. The number of hydrogen-bond donors (Lipinski definition) is 0. The molecule has 0 spiro atoms. The molecule has 0 heterocycles. The van der Waals surface area contributed by atoms with Crippen molar-refractivity contribution in [3.05, 3.63) is 35.9 Å². The van der Waals surface area contributed by atoms with E-state index in [9.17, 15) is 0 Å². The molecule has 0 saturated heterocycles. The SMILES string of the molecule is BrC(Cc1ccccc1)CC1CC1. The maximum Gasteiger partial charge on any atom is 0.0188 e. The van der Waals surface area contributed by atoms with E-state index >= 15 is 0 Å². The summed E-state index contributed by atoms with van der Waals surface area (Å²) in [6.07, 6.45) is 5.44. The van der Waals surface area contributed by atoms with Crippen LogP contribution in [0.15, 0.2) is 30.3 Å². The smallest absolute Gasteiger partial charge is 0.0188 e. The molecule has 0 bridgehead atoms. The van der Waals surface area contributed by atoms with Gasteiger partial charge in [0.15, 0.2) is 0 Å². The van der Waals surface area contributed by atoms with E-state index in [1.54, 1.807) is 0 Å². The lowest BCUT2D eigenvalue weighted by atomic mass is 10.1. The fourth-order valence-corrected chi connectivity index (χ4v) is 2.57. The normalized spacial score (nSPS) is 18.5. The summed E-state index contributed by atoms with van der Waals surface area (Å²) in [4.78, 5) is 0.683. The maximum absolute atomic E-state index is 3.76. The number of rotatable bonds is 4. The van der Waals surface area contributed by atoms with E-state index in [1.807, 2.05) is 0 Å². The summed E-state index contributed by atoms with van der Waals surface area (Å²) in [5.41, 5.74) is 1.45. The third-order valence-corrected chi connectivity index (χ3v) is 3.28. The van der Waals surface area contributed by atoms with Gasteiger partial charge in [-0.05, 0) is 24.3 Å². The second-order valence-electron chi connectivity index (χ2n) is 3.97. The summed E-state index contributed by atoms with van der Waals surface area (Å²) in [6.45, 7) is 0. The number of halogens is 1. The molecule has 70 valence electrons. The Hall–Kier alpha value is -0.300. The van der Waals surface area contributed by atoms with Crippen LogP contribution in [-0.4, -0.2) is 4.83 Å². The highest BCUT2D eigenvalue weighted by molar-refractivity contribution is 9.09. The highest BCUT2D eigenvalue weighted by Gasteiger charge is 2.24. The van der Waals surface area contributed by atoms with Gasteiger partial charge in [-0.25, -0.2) is 0 Å². The van der Waals surface area contributed by atoms with Crippen LogP contribution in [0.4, 0.5) is 0 Å². The summed E-state index contributed by atoms with van der Waals surface area (Å²) >= 11 is 3.76. The molecule has 0 aliphatic heterocycles. The Morgan fingerprint density at radius 1 is 1.23 bits per heavy atom. The van der Waals surface area contributed by atoms with E-state index in [1.165, 1.54) is 31.2 Å². The molecule has 0 radical (unpaired) electrons. The minimum Gasteiger partial charge on any atom is -0.0887 e. The lowest BCUT2D eigenvalue weighted by Gasteiger charge is -2.08. The minimum atomic E-state index is 0.683. The fourth-order valence-electron chi connectivity index (χ4n) is 1.67. The summed E-state index contributed by atoms with van der Waals surface area (Å²) < 4.78 is 0. The van der Waals surface area contributed by atoms with Crippen LogP contribution in [0.3, 0.4) is 0 Å². The average molecular weight is 239 g/mol. The molecule has 1 fully saturated rings. The van der Waals surface area contributed by atoms with E-state index in [4.69, 9.17) is 0 Å². The topological polar surface area (TPSA) is 0 Å². The molecule has 13 heavy (non-hydrogen) atoms. The van der Waals surface area contributed by atoms with Crippen molar-refractivity contribution in [2.75, 3.05) is 0 Å². The molecular weight excluding hydrogens is 224 g/mol. The zero-order valence-electron chi connectivity index (χ0n) is 7.75. The predicted molar refractivity (Wildman–Crippen MR) is 60.2 cm³/mol. The van der Waals surface area contributed by atoms with Crippen LogP contribution in [-0.2, 0) is 6.42 Å². The molecule has 1 atom stereocenters. The fraction of sp³-hybridized carbons (Fsp3) is 0.500. The van der Waals surface area contributed by atoms with E-state index in [0.29, 0.717) is 4.83 Å².